The summed E-state index contributed by atoms with van der Waals surface area (Å²) in [5.41, 5.74) is 0. The normalized spacial score (nSPS) is 40.8. The molecule has 688 valence electrons. The minimum atomic E-state index is -2.43. The van der Waals surface area contributed by atoms with Crippen LogP contribution in [0.3, 0.4) is 0 Å². The Balaban J connectivity index is 0.0000102. The molecule has 0 amide bonds. The van der Waals surface area contributed by atoms with Crippen LogP contribution in [0.2, 0.25) is 0 Å². The maximum atomic E-state index is 12.1. The van der Waals surface area contributed by atoms with Gasteiger partial charge < -0.3 is 237 Å². The molecule has 0 unspecified atom stereocenters. The molecular formula is C64H88Na8O48S8. The Kier molecular flexibility index (Phi) is 65.3. The van der Waals surface area contributed by atoms with Gasteiger partial charge in [0.05, 0.1) is 96.6 Å². The van der Waals surface area contributed by atoms with Gasteiger partial charge in [-0.3, -0.25) is 0 Å². The van der Waals surface area contributed by atoms with Crippen molar-refractivity contribution < 1.29 is 473 Å². The number of aliphatic hydroxyl groups is 16. The number of ether oxygens (including phenoxy) is 16. The molecule has 30 fully saturated rings. The summed E-state index contributed by atoms with van der Waals surface area (Å²) < 4.78 is 97.0. The Morgan fingerprint density at radius 3 is 0.328 bits per heavy atom. The number of aliphatic hydroxyl groups excluding tert-OH is 16. The Bertz CT molecular complexity index is 2740. The van der Waals surface area contributed by atoms with Crippen molar-refractivity contribution in [3.8, 4) is 0 Å². The first-order chi connectivity index (χ1) is 56.7. The molecule has 30 rings (SSSR count). The van der Waals surface area contributed by atoms with Crippen LogP contribution in [0.25, 0.3) is 0 Å². The largest absolute Gasteiger partial charge is 1.00 e. The van der Waals surface area contributed by atoms with Gasteiger partial charge in [0.2, 0.25) is 0 Å². The summed E-state index contributed by atoms with van der Waals surface area (Å²) >= 11 is 4.18. The summed E-state index contributed by atoms with van der Waals surface area (Å²) in [7, 11) is 0. The molecule has 0 spiro atoms. The molecule has 30 heterocycles. The van der Waals surface area contributed by atoms with Gasteiger partial charge in [-0.2, -0.15) is 94.1 Å². The topological polar surface area (TPSA) is 792 Å². The summed E-state index contributed by atoms with van der Waals surface area (Å²) in [6.45, 7) is 0. The number of hydrogen-bond acceptors (Lipinski definition) is 56. The molecule has 0 radical (unpaired) electrons. The molecule has 0 aromatic rings. The summed E-state index contributed by atoms with van der Waals surface area (Å²) in [4.78, 5) is 94.3. The van der Waals surface area contributed by atoms with E-state index in [1.807, 2.05) is 0 Å². The first kappa shape index (κ1) is 131. The molecule has 30 saturated heterocycles. The van der Waals surface area contributed by atoms with Crippen LogP contribution in [-0.2, 0) is 114 Å². The van der Waals surface area contributed by atoms with E-state index in [0.717, 1.165) is 0 Å². The third kappa shape index (κ3) is 37.0. The van der Waals surface area contributed by atoms with Crippen molar-refractivity contribution in [1.29, 1.82) is 0 Å². The van der Waals surface area contributed by atoms with Gasteiger partial charge in [-0.1, -0.05) is 0 Å². The number of hydrogen-bond donors (Lipinski definition) is 16. The Morgan fingerprint density at radius 2 is 0.250 bits per heavy atom. The molecule has 16 N–H and O–H groups in total. The van der Waals surface area contributed by atoms with E-state index < -0.39 is 385 Å². The number of aliphatic carboxylic acids is 8. The van der Waals surface area contributed by atoms with Crippen LogP contribution in [-0.4, -0.2) is 467 Å². The maximum absolute atomic E-state index is 12.1. The summed E-state index contributed by atoms with van der Waals surface area (Å²) in [6.07, 6.45) is -87.4. The molecule has 16 bridgehead atoms. The fraction of sp³-hybridized carbons (Fsp3) is 0.875. The molecule has 48 nitrogen and oxygen atoms in total. The SMILES string of the molecule is O=C([O-])CSC[C@@H]1O[C@H]2O[C@@H]3[C@H](O)[C@@H](O)[C@H](O[C@@H]4[C@H](O)[C@@H](O)[C@H](O[C@@H]5[C@H](O)[C@@H](O)[C@H](O[C@@H]6[C@@H](O)[C@H](O)[C@H](O[C@@H]7[C@@H](O)[C@H](O)[C@H](O[C@@H]8[C@@H](O)[C@H](O)[C@H](O[C@@H]9[C@@H](O)[C@H](O)[C@H](O[C@@H]1[C@H](O)[C@H]2O)O[C@@H]9CSCC(=O)[O-])O[C@@H]8CSCC(=O)[O-])O[C@@H]7CSCC(=O)[O-])O[C@@H]6CSCC(=O)[O-])O[C@H]5CSCC(=O)[O-])O[C@H]4CSCC(=O)[O-])O[C@H]3CSCC(=O)[O-].[Na+].[Na+].[Na+].[Na+].[Na+].[Na+].[Na+].[Na+]. The zero-order valence-electron chi connectivity index (χ0n) is 69.9. The number of carbonyl (C=O) groups is 8. The van der Waals surface area contributed by atoms with Crippen LogP contribution in [0.1, 0.15) is 0 Å². The van der Waals surface area contributed by atoms with Crippen molar-refractivity contribution in [3.63, 3.8) is 0 Å². The van der Waals surface area contributed by atoms with E-state index in [1.165, 1.54) is 0 Å². The summed E-state index contributed by atoms with van der Waals surface area (Å²) in [6, 6.07) is 0. The predicted molar refractivity (Wildman–Crippen MR) is 383 cm³/mol. The fourth-order valence-corrected chi connectivity index (χ4v) is 20.1. The molecule has 0 aromatic carbocycles. The molecule has 0 aromatic heterocycles. The van der Waals surface area contributed by atoms with Crippen molar-refractivity contribution in [1.82, 2.24) is 0 Å². The minimum absolute atomic E-state index is 0. The van der Waals surface area contributed by atoms with Crippen LogP contribution in [0, 0.1) is 0 Å². The van der Waals surface area contributed by atoms with Crippen LogP contribution >= 0.6 is 94.1 Å². The predicted octanol–water partition coefficient (Wildman–Crippen LogP) is -45.4. The average molecular weight is 2070 g/mol. The number of thioether (sulfide) groups is 8. The third-order valence-electron chi connectivity index (χ3n) is 19.5. The molecule has 64 heteroatoms. The van der Waals surface area contributed by atoms with Gasteiger partial charge in [0.1, 0.15) is 146 Å². The van der Waals surface area contributed by atoms with Crippen LogP contribution in [0.15, 0.2) is 0 Å². The van der Waals surface area contributed by atoms with E-state index in [1.54, 1.807) is 0 Å². The van der Waals surface area contributed by atoms with Crippen LogP contribution in [0.4, 0.5) is 0 Å². The molecule has 40 atom stereocenters. The van der Waals surface area contributed by atoms with E-state index in [-0.39, 0.29) is 236 Å². The quantitative estimate of drug-likeness (QED) is 0.0278. The van der Waals surface area contributed by atoms with Crippen molar-refractivity contribution in [2.75, 3.05) is 92.0 Å². The maximum Gasteiger partial charge on any atom is 1.00 e. The van der Waals surface area contributed by atoms with Crippen molar-refractivity contribution in [2.24, 2.45) is 0 Å². The first-order valence-corrected chi connectivity index (χ1v) is 45.6. The Labute approximate surface area is 939 Å². The third-order valence-corrected chi connectivity index (χ3v) is 27.5. The summed E-state index contributed by atoms with van der Waals surface area (Å²) in [5.74, 6) is -24.8. The minimum Gasteiger partial charge on any atom is -0.549 e. The van der Waals surface area contributed by atoms with E-state index >= 15 is 0 Å². The van der Waals surface area contributed by atoms with Gasteiger partial charge in [0.15, 0.2) is 50.3 Å². The van der Waals surface area contributed by atoms with E-state index in [4.69, 9.17) is 75.8 Å². The number of carboxylic acids is 8. The van der Waals surface area contributed by atoms with Gasteiger partial charge >= 0.3 is 236 Å². The van der Waals surface area contributed by atoms with Crippen LogP contribution < -0.4 is 277 Å². The standard InChI is InChI=1S/C64H96O48S8.8Na/c65-25(66)9-113-1-17-49-33(81)41(89)57(97-17)106-50-18(2-114-10-26(67)68)99-59(43(91)35(50)83)108-52-20(4-116-12-28(71)72)101-61(45(93)37(52)85)110-54-22(6-118-14-30(75)76)103-63(47(95)39(54)87)112-56-24(8-120-16-32(79)80)104-64(48(96)40(56)88)111-55-23(7-119-15-31(77)78)102-62(46(94)38(55)86)109-53-21(5-117-13-29(73)74)100-60(44(92)36(53)84)107-51-19(3-115-11-27(69)70)98-58(105-49)42(90)34(51)82;;;;;;;;/h17-24,33-64,81-96H,1-16H2,(H,65,66)(H,67,68)(H,69,70)(H,71,72)(H,73,74)(H,75,76)(H,77,78)(H,79,80);;;;;;;;/q;8*+1/p-8/t17-,18-,19-,20-,21+,22+,23+,24+,33+,34+,35+,36-,37+,38-,39-,40-,41+,42+,43+,44-,45+,46-,47-,48-,49-,50-,51-,52-,53-,54-,55-,56-,57-,58-,59-,60-,61-,62-,63-,64-;;;;;;;;/m0......../s1. The summed E-state index contributed by atoms with van der Waals surface area (Å²) in [5, 5.41) is 286. The van der Waals surface area contributed by atoms with Crippen molar-refractivity contribution in [2.45, 2.75) is 246 Å². The number of rotatable bonds is 32. The molecule has 128 heavy (non-hydrogen) atoms. The zero-order chi connectivity index (χ0) is 88.0. The van der Waals surface area contributed by atoms with Gasteiger partial charge in [-0.25, -0.2) is 0 Å². The zero-order valence-corrected chi connectivity index (χ0v) is 92.4. The van der Waals surface area contributed by atoms with Crippen molar-refractivity contribution >= 4 is 142 Å². The van der Waals surface area contributed by atoms with Gasteiger partial charge in [0, 0.05) is 92.0 Å². The average Bonchev–Trinajstić information content (AvgIpc) is 0.769. The molecule has 30 aliphatic heterocycles. The van der Waals surface area contributed by atoms with Crippen LogP contribution in [0.5, 0.6) is 0 Å². The fourth-order valence-electron chi connectivity index (χ4n) is 13.9. The monoisotopic (exact) mass is 2060 g/mol. The van der Waals surface area contributed by atoms with Gasteiger partial charge in [-0.05, 0) is 0 Å². The Morgan fingerprint density at radius 1 is 0.164 bits per heavy atom. The number of carboxylic acid groups (broad SMARTS) is 8. The molecule has 30 aliphatic rings. The second-order valence-corrected chi connectivity index (χ2v) is 36.3. The second kappa shape index (κ2) is 63.6. The van der Waals surface area contributed by atoms with Crippen molar-refractivity contribution in [3.05, 3.63) is 0 Å². The molecule has 0 aliphatic carbocycles. The molecular weight excluding hydrogens is 1980 g/mol. The number of carbonyl (C=O) groups excluding carboxylic acids is 8. The van der Waals surface area contributed by atoms with E-state index in [2.05, 4.69) is 0 Å². The smallest absolute Gasteiger partial charge is 0.549 e. The van der Waals surface area contributed by atoms with E-state index in [9.17, 15) is 161 Å². The first-order valence-electron chi connectivity index (χ1n) is 36.3. The molecule has 0 saturated carbocycles. The Hall–Kier alpha value is 5.28. The van der Waals surface area contributed by atoms with Gasteiger partial charge in [-0.15, -0.1) is 0 Å². The second-order valence-electron chi connectivity index (χ2n) is 28.1. The van der Waals surface area contributed by atoms with E-state index in [0.29, 0.717) is 94.1 Å². The van der Waals surface area contributed by atoms with Gasteiger partial charge in [0.25, 0.3) is 0 Å².